The molecule has 4 saturated carbocycles. The van der Waals surface area contributed by atoms with E-state index in [2.05, 4.69) is 27.7 Å². The van der Waals surface area contributed by atoms with Crippen LogP contribution < -0.4 is 0 Å². The van der Waals surface area contributed by atoms with Gasteiger partial charge in [0.25, 0.3) is 0 Å². The third kappa shape index (κ3) is 3.77. The van der Waals surface area contributed by atoms with Crippen LogP contribution in [0.2, 0.25) is 0 Å². The Bertz CT molecular complexity index is 614. The Balaban J connectivity index is 1.39. The second kappa shape index (κ2) is 8.78. The van der Waals surface area contributed by atoms with Crippen molar-refractivity contribution >= 4 is 5.97 Å². The fourth-order valence-corrected chi connectivity index (χ4v) is 9.13. The van der Waals surface area contributed by atoms with Gasteiger partial charge in [-0.3, -0.25) is 4.79 Å². The smallest absolute Gasteiger partial charge is 0.308 e. The molecule has 0 aromatic heterocycles. The lowest BCUT2D eigenvalue weighted by Gasteiger charge is -2.61. The maximum absolute atomic E-state index is 12.0. The predicted molar refractivity (Wildman–Crippen MR) is 124 cm³/mol. The first-order chi connectivity index (χ1) is 14.3. The van der Waals surface area contributed by atoms with E-state index in [1.54, 1.807) is 0 Å². The Kier molecular flexibility index (Phi) is 6.63. The van der Waals surface area contributed by atoms with Crippen LogP contribution in [0.1, 0.15) is 112 Å². The topological polar surface area (TPSA) is 26.3 Å². The summed E-state index contributed by atoms with van der Waals surface area (Å²) in [6.45, 7) is 12.5. The van der Waals surface area contributed by atoms with Crippen LogP contribution in [0.15, 0.2) is 0 Å². The zero-order chi connectivity index (χ0) is 21.5. The van der Waals surface area contributed by atoms with Gasteiger partial charge in [0.2, 0.25) is 0 Å². The van der Waals surface area contributed by atoms with Crippen LogP contribution in [-0.4, -0.2) is 12.6 Å². The van der Waals surface area contributed by atoms with E-state index in [1.165, 1.54) is 64.2 Å². The lowest BCUT2D eigenvalue weighted by molar-refractivity contribution is -0.148. The highest BCUT2D eigenvalue weighted by molar-refractivity contribution is 5.71. The molecule has 2 nitrogen and oxygen atoms in total. The van der Waals surface area contributed by atoms with Crippen LogP contribution in [-0.2, 0) is 9.53 Å². The van der Waals surface area contributed by atoms with Crippen molar-refractivity contribution in [1.82, 2.24) is 0 Å². The normalized spacial score (nSPS) is 45.0. The summed E-state index contributed by atoms with van der Waals surface area (Å²) in [6, 6.07) is 0. The van der Waals surface area contributed by atoms with Crippen molar-refractivity contribution < 1.29 is 9.53 Å². The molecular formula is C28H48O2. The quantitative estimate of drug-likeness (QED) is 0.416. The molecule has 4 aliphatic rings. The van der Waals surface area contributed by atoms with Crippen molar-refractivity contribution in [2.24, 2.45) is 52.3 Å². The molecule has 0 radical (unpaired) electrons. The van der Waals surface area contributed by atoms with Gasteiger partial charge >= 0.3 is 5.97 Å². The number of rotatable bonds is 6. The van der Waals surface area contributed by atoms with Gasteiger partial charge in [-0.05, 0) is 111 Å². The minimum atomic E-state index is -0.00166. The average molecular weight is 417 g/mol. The summed E-state index contributed by atoms with van der Waals surface area (Å²) in [6.07, 6.45) is 16.7. The van der Waals surface area contributed by atoms with Crippen molar-refractivity contribution in [3.8, 4) is 0 Å². The molecule has 4 rings (SSSR count). The Morgan fingerprint density at radius 1 is 0.933 bits per heavy atom. The Morgan fingerprint density at radius 2 is 1.70 bits per heavy atom. The lowest BCUT2D eigenvalue weighted by atomic mass is 9.44. The van der Waals surface area contributed by atoms with Crippen LogP contribution in [0.4, 0.5) is 0 Å². The number of carbonyl (C=O) groups is 1. The van der Waals surface area contributed by atoms with Crippen LogP contribution in [0.3, 0.4) is 0 Å². The van der Waals surface area contributed by atoms with Gasteiger partial charge < -0.3 is 4.74 Å². The third-order valence-corrected chi connectivity index (χ3v) is 11.2. The molecule has 4 aliphatic carbocycles. The fraction of sp³-hybridized carbons (Fsp3) is 0.964. The monoisotopic (exact) mass is 416 g/mol. The Morgan fingerprint density at radius 3 is 2.47 bits per heavy atom. The van der Waals surface area contributed by atoms with E-state index >= 15 is 0 Å². The summed E-state index contributed by atoms with van der Waals surface area (Å²) in [7, 11) is 0. The van der Waals surface area contributed by atoms with Crippen LogP contribution >= 0.6 is 0 Å². The van der Waals surface area contributed by atoms with E-state index in [9.17, 15) is 4.79 Å². The number of fused-ring (bicyclic) bond motifs is 5. The Labute approximate surface area is 186 Å². The molecule has 0 heterocycles. The summed E-state index contributed by atoms with van der Waals surface area (Å²) in [5, 5.41) is 0. The van der Waals surface area contributed by atoms with E-state index in [-0.39, 0.29) is 11.9 Å². The van der Waals surface area contributed by atoms with Gasteiger partial charge in [-0.15, -0.1) is 0 Å². The second-order valence-electron chi connectivity index (χ2n) is 12.4. The Hall–Kier alpha value is -0.530. The molecule has 30 heavy (non-hydrogen) atoms. The molecule has 9 unspecified atom stereocenters. The largest absolute Gasteiger partial charge is 0.465 e. The number of esters is 1. The summed E-state index contributed by atoms with van der Waals surface area (Å²) in [5.41, 5.74) is 1.18. The lowest BCUT2D eigenvalue weighted by Crippen LogP contribution is -2.53. The SMILES string of the molecule is CCC(C)C(=O)OCCC(C)C1CCC2C3CCC4CCCCC4(C)C3CCC12C. The summed E-state index contributed by atoms with van der Waals surface area (Å²) >= 11 is 0. The first-order valence-corrected chi connectivity index (χ1v) is 13.5. The van der Waals surface area contributed by atoms with Gasteiger partial charge in [-0.2, -0.15) is 0 Å². The first-order valence-electron chi connectivity index (χ1n) is 13.5. The van der Waals surface area contributed by atoms with E-state index in [4.69, 9.17) is 4.74 Å². The molecule has 9 atom stereocenters. The van der Waals surface area contributed by atoms with Gasteiger partial charge in [-0.1, -0.05) is 47.5 Å². The van der Waals surface area contributed by atoms with E-state index in [1.807, 2.05) is 6.92 Å². The molecule has 172 valence electrons. The summed E-state index contributed by atoms with van der Waals surface area (Å²) in [5.74, 6) is 5.49. The summed E-state index contributed by atoms with van der Waals surface area (Å²) < 4.78 is 5.61. The minimum absolute atomic E-state index is 0.00166. The molecule has 4 fully saturated rings. The van der Waals surface area contributed by atoms with Crippen molar-refractivity contribution in [2.45, 2.75) is 112 Å². The minimum Gasteiger partial charge on any atom is -0.465 e. The molecule has 0 spiro atoms. The molecule has 0 saturated heterocycles. The standard InChI is InChI=1S/C28H48O2/c1-6-19(2)26(29)30-18-15-20(3)23-12-13-24-22-11-10-21-9-7-8-16-27(21,4)25(22)14-17-28(23,24)5/h19-25H,6-18H2,1-5H3. The maximum atomic E-state index is 12.0. The molecule has 0 aliphatic heterocycles. The van der Waals surface area contributed by atoms with Gasteiger partial charge in [0, 0.05) is 0 Å². The van der Waals surface area contributed by atoms with Crippen LogP contribution in [0, 0.1) is 52.3 Å². The van der Waals surface area contributed by atoms with Crippen molar-refractivity contribution in [3.63, 3.8) is 0 Å². The number of ether oxygens (including phenoxy) is 1. The number of hydrogen-bond donors (Lipinski definition) is 0. The zero-order valence-corrected chi connectivity index (χ0v) is 20.6. The van der Waals surface area contributed by atoms with E-state index < -0.39 is 0 Å². The van der Waals surface area contributed by atoms with Gasteiger partial charge in [0.05, 0.1) is 12.5 Å². The predicted octanol–water partition coefficient (Wildman–Crippen LogP) is 7.65. The molecule has 2 heteroatoms. The molecule has 0 aromatic carbocycles. The highest BCUT2D eigenvalue weighted by Crippen LogP contribution is 2.68. The molecule has 0 amide bonds. The number of hydrogen-bond acceptors (Lipinski definition) is 2. The molecule has 0 aromatic rings. The van der Waals surface area contributed by atoms with Crippen LogP contribution in [0.25, 0.3) is 0 Å². The van der Waals surface area contributed by atoms with E-state index in [0.29, 0.717) is 23.4 Å². The highest BCUT2D eigenvalue weighted by Gasteiger charge is 2.60. The van der Waals surface area contributed by atoms with Crippen LogP contribution in [0.5, 0.6) is 0 Å². The fourth-order valence-electron chi connectivity index (χ4n) is 9.13. The molecular weight excluding hydrogens is 368 g/mol. The maximum Gasteiger partial charge on any atom is 0.308 e. The van der Waals surface area contributed by atoms with E-state index in [0.717, 1.165) is 42.4 Å². The van der Waals surface area contributed by atoms with Gasteiger partial charge in [-0.25, -0.2) is 0 Å². The molecule has 0 bridgehead atoms. The second-order valence-corrected chi connectivity index (χ2v) is 12.4. The number of carbonyl (C=O) groups excluding carboxylic acids is 1. The van der Waals surface area contributed by atoms with Gasteiger partial charge in [0.15, 0.2) is 0 Å². The molecule has 0 N–H and O–H groups in total. The van der Waals surface area contributed by atoms with Gasteiger partial charge in [0.1, 0.15) is 0 Å². The average Bonchev–Trinajstić information content (AvgIpc) is 3.09. The van der Waals surface area contributed by atoms with Crippen molar-refractivity contribution in [1.29, 1.82) is 0 Å². The highest BCUT2D eigenvalue weighted by atomic mass is 16.5. The first kappa shape index (κ1) is 22.7. The third-order valence-electron chi connectivity index (χ3n) is 11.2. The van der Waals surface area contributed by atoms with Crippen molar-refractivity contribution in [3.05, 3.63) is 0 Å². The van der Waals surface area contributed by atoms with Crippen molar-refractivity contribution in [2.75, 3.05) is 6.61 Å². The zero-order valence-electron chi connectivity index (χ0n) is 20.6. The summed E-state index contributed by atoms with van der Waals surface area (Å²) in [4.78, 5) is 12.0.